The Morgan fingerprint density at radius 3 is 2.73 bits per heavy atom. The van der Waals surface area contributed by atoms with E-state index in [1.54, 1.807) is 6.92 Å². The number of nitrogens with zero attached hydrogens (tertiary/aromatic N) is 2. The topological polar surface area (TPSA) is 113 Å². The summed E-state index contributed by atoms with van der Waals surface area (Å²) < 4.78 is 0. The molecule has 8 nitrogen and oxygen atoms in total. The van der Waals surface area contributed by atoms with Crippen LogP contribution in [0, 0.1) is 15.5 Å². The highest BCUT2D eigenvalue weighted by Crippen LogP contribution is 2.31. The minimum atomic E-state index is -0.969. The van der Waals surface area contributed by atoms with Crippen LogP contribution < -0.4 is 5.32 Å². The number of amides is 2. The molecule has 1 aliphatic rings. The molecule has 0 bridgehead atoms. The number of nitro benzene ring substituents is 1. The number of hydrogen-bond donors (Lipinski definition) is 2. The van der Waals surface area contributed by atoms with Crippen molar-refractivity contribution >= 4 is 35.0 Å². The predicted molar refractivity (Wildman–Crippen MR) is 79.1 cm³/mol. The summed E-state index contributed by atoms with van der Waals surface area (Å²) in [6.07, 6.45) is 0.358. The number of carbonyl (C=O) groups is 2. The van der Waals surface area contributed by atoms with Crippen molar-refractivity contribution in [1.82, 2.24) is 4.90 Å². The van der Waals surface area contributed by atoms with Gasteiger partial charge in [0.2, 0.25) is 0 Å². The van der Waals surface area contributed by atoms with E-state index in [-0.39, 0.29) is 22.9 Å². The van der Waals surface area contributed by atoms with Crippen molar-refractivity contribution < 1.29 is 19.6 Å². The van der Waals surface area contributed by atoms with E-state index in [4.69, 9.17) is 16.7 Å². The Bertz CT molecular complexity index is 651. The molecule has 0 radical (unpaired) electrons. The van der Waals surface area contributed by atoms with Gasteiger partial charge in [0.25, 0.3) is 5.69 Å². The predicted octanol–water partition coefficient (Wildman–Crippen LogP) is 2.58. The van der Waals surface area contributed by atoms with Gasteiger partial charge in [-0.15, -0.1) is 0 Å². The van der Waals surface area contributed by atoms with Gasteiger partial charge < -0.3 is 15.3 Å². The van der Waals surface area contributed by atoms with Gasteiger partial charge in [-0.25, -0.2) is 4.79 Å². The van der Waals surface area contributed by atoms with E-state index >= 15 is 0 Å². The fraction of sp³-hybridized carbons (Fsp3) is 0.385. The van der Waals surface area contributed by atoms with E-state index in [1.807, 2.05) is 0 Å². The van der Waals surface area contributed by atoms with Crippen molar-refractivity contribution in [2.75, 3.05) is 18.4 Å². The number of halogens is 1. The first-order valence-corrected chi connectivity index (χ1v) is 6.84. The molecular weight excluding hydrogens is 314 g/mol. The normalized spacial score (nSPS) is 20.7. The van der Waals surface area contributed by atoms with Crippen LogP contribution in [0.1, 0.15) is 13.3 Å². The summed E-state index contributed by atoms with van der Waals surface area (Å²) in [6.45, 7) is 1.98. The standard InChI is InChI=1S/C13H14ClN3O5/c1-13(11(18)19)4-5-16(7-13)12(20)15-8-2-3-9(14)10(6-8)17(21)22/h2-3,6H,4-5,7H2,1H3,(H,15,20)(H,18,19). The van der Waals surface area contributed by atoms with Crippen molar-refractivity contribution in [1.29, 1.82) is 0 Å². The average Bonchev–Trinajstić information content (AvgIpc) is 2.85. The van der Waals surface area contributed by atoms with Crippen LogP contribution in [0.4, 0.5) is 16.2 Å². The number of rotatable bonds is 3. The smallest absolute Gasteiger partial charge is 0.321 e. The third kappa shape index (κ3) is 3.11. The molecule has 0 aromatic heterocycles. The molecule has 1 aromatic rings. The highest BCUT2D eigenvalue weighted by atomic mass is 35.5. The number of carboxylic acids is 1. The lowest BCUT2D eigenvalue weighted by molar-refractivity contribution is -0.384. The van der Waals surface area contributed by atoms with Crippen LogP contribution in [0.15, 0.2) is 18.2 Å². The van der Waals surface area contributed by atoms with Crippen molar-refractivity contribution in [3.8, 4) is 0 Å². The quantitative estimate of drug-likeness (QED) is 0.654. The third-order valence-corrected chi connectivity index (χ3v) is 3.99. The van der Waals surface area contributed by atoms with E-state index in [1.165, 1.54) is 17.0 Å². The van der Waals surface area contributed by atoms with Gasteiger partial charge in [0, 0.05) is 24.8 Å². The Morgan fingerprint density at radius 1 is 1.50 bits per heavy atom. The minimum absolute atomic E-state index is 0.0253. The van der Waals surface area contributed by atoms with Gasteiger partial charge in [-0.05, 0) is 25.5 Å². The monoisotopic (exact) mass is 327 g/mol. The van der Waals surface area contributed by atoms with E-state index < -0.39 is 22.3 Å². The summed E-state index contributed by atoms with van der Waals surface area (Å²) >= 11 is 5.70. The van der Waals surface area contributed by atoms with Crippen molar-refractivity contribution in [3.05, 3.63) is 33.3 Å². The summed E-state index contributed by atoms with van der Waals surface area (Å²) in [7, 11) is 0. The molecule has 22 heavy (non-hydrogen) atoms. The molecule has 1 unspecified atom stereocenters. The number of nitrogens with one attached hydrogen (secondary N) is 1. The minimum Gasteiger partial charge on any atom is -0.481 e. The molecule has 9 heteroatoms. The Kier molecular flexibility index (Phi) is 4.23. The van der Waals surface area contributed by atoms with Crippen LogP contribution in [0.2, 0.25) is 5.02 Å². The SMILES string of the molecule is CC1(C(=O)O)CCN(C(=O)Nc2ccc(Cl)c([N+](=O)[O-])c2)C1. The number of carbonyl (C=O) groups excluding carboxylic acids is 1. The number of urea groups is 1. The highest BCUT2D eigenvalue weighted by Gasteiger charge is 2.42. The lowest BCUT2D eigenvalue weighted by Gasteiger charge is -2.20. The Morgan fingerprint density at radius 2 is 2.18 bits per heavy atom. The van der Waals surface area contributed by atoms with Gasteiger partial charge in [-0.1, -0.05) is 11.6 Å². The molecular formula is C13H14ClN3O5. The summed E-state index contributed by atoms with van der Waals surface area (Å²) in [6, 6.07) is 3.43. The maximum atomic E-state index is 12.1. The van der Waals surface area contributed by atoms with Crippen molar-refractivity contribution in [2.24, 2.45) is 5.41 Å². The first kappa shape index (κ1) is 16.0. The molecule has 1 saturated heterocycles. The number of aliphatic carboxylic acids is 1. The van der Waals surface area contributed by atoms with Crippen LogP contribution in [-0.2, 0) is 4.79 Å². The number of hydrogen-bond acceptors (Lipinski definition) is 4. The molecule has 2 rings (SSSR count). The number of nitro groups is 1. The molecule has 2 N–H and O–H groups in total. The highest BCUT2D eigenvalue weighted by molar-refractivity contribution is 6.32. The van der Waals surface area contributed by atoms with Crippen LogP contribution in [0.3, 0.4) is 0 Å². The first-order valence-electron chi connectivity index (χ1n) is 6.46. The van der Waals surface area contributed by atoms with Gasteiger partial charge in [-0.3, -0.25) is 14.9 Å². The zero-order valence-corrected chi connectivity index (χ0v) is 12.5. The van der Waals surface area contributed by atoms with E-state index in [9.17, 15) is 19.7 Å². The third-order valence-electron chi connectivity index (χ3n) is 3.67. The zero-order chi connectivity index (χ0) is 16.5. The Hall–Kier alpha value is -2.35. The summed E-state index contributed by atoms with van der Waals surface area (Å²) in [5.41, 5.74) is -1.05. The number of likely N-dealkylation sites (tertiary alicyclic amines) is 1. The van der Waals surface area contributed by atoms with E-state index in [2.05, 4.69) is 5.32 Å². The van der Waals surface area contributed by atoms with Crippen LogP contribution in [-0.4, -0.2) is 40.0 Å². The lowest BCUT2D eigenvalue weighted by atomic mass is 9.90. The fourth-order valence-corrected chi connectivity index (χ4v) is 2.43. The molecule has 0 spiro atoms. The summed E-state index contributed by atoms with van der Waals surface area (Å²) in [4.78, 5) is 34.8. The van der Waals surface area contributed by atoms with Crippen LogP contribution in [0.25, 0.3) is 0 Å². The first-order chi connectivity index (χ1) is 10.2. The maximum absolute atomic E-state index is 12.1. The molecule has 118 valence electrons. The Labute approximate surface area is 130 Å². The second-order valence-electron chi connectivity index (χ2n) is 5.39. The number of benzene rings is 1. The largest absolute Gasteiger partial charge is 0.481 e. The molecule has 1 aromatic carbocycles. The second kappa shape index (κ2) is 5.80. The zero-order valence-electron chi connectivity index (χ0n) is 11.7. The van der Waals surface area contributed by atoms with Gasteiger partial charge >= 0.3 is 12.0 Å². The van der Waals surface area contributed by atoms with Gasteiger partial charge in [0.15, 0.2) is 0 Å². The maximum Gasteiger partial charge on any atom is 0.321 e. The molecule has 0 aliphatic carbocycles. The molecule has 1 heterocycles. The van der Waals surface area contributed by atoms with Gasteiger partial charge in [0.1, 0.15) is 5.02 Å². The van der Waals surface area contributed by atoms with Crippen LogP contribution in [0.5, 0.6) is 0 Å². The number of anilines is 1. The van der Waals surface area contributed by atoms with Crippen molar-refractivity contribution in [3.63, 3.8) is 0 Å². The average molecular weight is 328 g/mol. The summed E-state index contributed by atoms with van der Waals surface area (Å²) in [5, 5.41) is 22.4. The van der Waals surface area contributed by atoms with E-state index in [0.717, 1.165) is 6.07 Å². The summed E-state index contributed by atoms with van der Waals surface area (Å²) in [5.74, 6) is -0.954. The van der Waals surface area contributed by atoms with Crippen LogP contribution >= 0.6 is 11.6 Å². The molecule has 1 aliphatic heterocycles. The van der Waals surface area contributed by atoms with Gasteiger partial charge in [-0.2, -0.15) is 0 Å². The number of carboxylic acid groups (broad SMARTS) is 1. The molecule has 1 fully saturated rings. The van der Waals surface area contributed by atoms with Crippen molar-refractivity contribution in [2.45, 2.75) is 13.3 Å². The molecule has 0 saturated carbocycles. The fourth-order valence-electron chi connectivity index (χ4n) is 2.24. The van der Waals surface area contributed by atoms with Gasteiger partial charge in [0.05, 0.1) is 10.3 Å². The molecule has 2 amide bonds. The Balaban J connectivity index is 2.09. The molecule has 1 atom stereocenters. The lowest BCUT2D eigenvalue weighted by Crippen LogP contribution is -2.37. The second-order valence-corrected chi connectivity index (χ2v) is 5.80. The van der Waals surface area contributed by atoms with E-state index in [0.29, 0.717) is 13.0 Å².